The van der Waals surface area contributed by atoms with Gasteiger partial charge < -0.3 is 9.47 Å². The highest BCUT2D eigenvalue weighted by atomic mass is 16.5. The number of allylic oxidation sites excluding steroid dienone is 6. The lowest BCUT2D eigenvalue weighted by atomic mass is 9.74. The summed E-state index contributed by atoms with van der Waals surface area (Å²) in [4.78, 5) is 15.9. The third kappa shape index (κ3) is 3.79. The van der Waals surface area contributed by atoms with Crippen LogP contribution in [0.25, 0.3) is 0 Å². The van der Waals surface area contributed by atoms with Crippen LogP contribution < -0.4 is 9.47 Å². The largest absolute Gasteiger partial charge is 0.497 e. The summed E-state index contributed by atoms with van der Waals surface area (Å²) in [7, 11) is 1.66. The van der Waals surface area contributed by atoms with E-state index < -0.39 is 5.54 Å². The van der Waals surface area contributed by atoms with E-state index in [1.807, 2.05) is 61.2 Å². The van der Waals surface area contributed by atoms with Gasteiger partial charge >= 0.3 is 0 Å². The number of nitrogens with zero attached hydrogens (tertiary/aromatic N) is 1. The van der Waals surface area contributed by atoms with E-state index in [2.05, 4.69) is 43.0 Å². The molecule has 1 fully saturated rings. The molecular weight excluding hydrogens is 422 g/mol. The first-order valence-electron chi connectivity index (χ1n) is 11.7. The number of benzene rings is 2. The van der Waals surface area contributed by atoms with Gasteiger partial charge in [-0.3, -0.25) is 9.69 Å². The van der Waals surface area contributed by atoms with Crippen LogP contribution in [-0.2, 0) is 10.3 Å². The zero-order valence-electron chi connectivity index (χ0n) is 20.1. The number of rotatable bonds is 8. The highest BCUT2D eigenvalue weighted by molar-refractivity contribution is 6.06. The Kier molecular flexibility index (Phi) is 6.87. The number of ether oxygens (including phenoxy) is 2. The van der Waals surface area contributed by atoms with Gasteiger partial charge in [-0.05, 0) is 73.7 Å². The van der Waals surface area contributed by atoms with Crippen LogP contribution in [-0.4, -0.2) is 24.5 Å². The van der Waals surface area contributed by atoms with Gasteiger partial charge in [0.2, 0.25) is 0 Å². The van der Waals surface area contributed by atoms with Crippen molar-refractivity contribution in [1.82, 2.24) is 4.90 Å². The van der Waals surface area contributed by atoms with Crippen molar-refractivity contribution < 1.29 is 14.3 Å². The van der Waals surface area contributed by atoms with Crippen molar-refractivity contribution in [3.63, 3.8) is 0 Å². The van der Waals surface area contributed by atoms with Crippen LogP contribution in [0.2, 0.25) is 0 Å². The molecule has 1 aliphatic carbocycles. The molecule has 2 aromatic carbocycles. The zero-order valence-corrected chi connectivity index (χ0v) is 20.1. The summed E-state index contributed by atoms with van der Waals surface area (Å²) in [6, 6.07) is 16.1. The maximum absolute atomic E-state index is 14.0. The minimum Gasteiger partial charge on any atom is -0.497 e. The number of hydrogen-bond donors (Lipinski definition) is 0. The number of hydrogen-bond acceptors (Lipinski definition) is 3. The van der Waals surface area contributed by atoms with Gasteiger partial charge in [-0.25, -0.2) is 0 Å². The fraction of sp³-hybridized carbons (Fsp3) is 0.233. The fourth-order valence-corrected chi connectivity index (χ4v) is 4.92. The predicted octanol–water partition coefficient (Wildman–Crippen LogP) is 6.47. The first kappa shape index (κ1) is 23.4. The molecule has 0 radical (unpaired) electrons. The molecule has 4 heteroatoms. The van der Waals surface area contributed by atoms with E-state index in [-0.39, 0.29) is 5.91 Å². The highest BCUT2D eigenvalue weighted by Crippen LogP contribution is 2.54. The third-order valence-corrected chi connectivity index (χ3v) is 6.36. The van der Waals surface area contributed by atoms with Crippen LogP contribution >= 0.6 is 0 Å². The molecule has 1 unspecified atom stereocenters. The Hall–Kier alpha value is -3.79. The molecule has 4 rings (SSSR count). The molecule has 174 valence electrons. The van der Waals surface area contributed by atoms with Crippen molar-refractivity contribution in [2.45, 2.75) is 32.2 Å². The SMILES string of the molecule is C=C/C=C\C(=C/C)N1C(=O)C2=CCCC=C2C1(c1ccc(OC)cc1)c1ccc(OCC)cc1. The molecule has 1 aliphatic heterocycles. The fourth-order valence-electron chi connectivity index (χ4n) is 4.92. The Balaban J connectivity index is 2.05. The Labute approximate surface area is 202 Å². The Bertz CT molecular complexity index is 1180. The van der Waals surface area contributed by atoms with E-state index in [1.54, 1.807) is 13.2 Å². The maximum Gasteiger partial charge on any atom is 0.259 e. The summed E-state index contributed by atoms with van der Waals surface area (Å²) in [6.45, 7) is 8.34. The quantitative estimate of drug-likeness (QED) is 0.430. The summed E-state index contributed by atoms with van der Waals surface area (Å²) in [5.74, 6) is 1.57. The third-order valence-electron chi connectivity index (χ3n) is 6.36. The molecule has 2 aliphatic rings. The van der Waals surface area contributed by atoms with Crippen LogP contribution in [0, 0.1) is 0 Å². The summed E-state index contributed by atoms with van der Waals surface area (Å²) >= 11 is 0. The number of likely N-dealkylation sites (tertiary alicyclic amines) is 1. The summed E-state index contributed by atoms with van der Waals surface area (Å²) in [6.07, 6.45) is 13.6. The predicted molar refractivity (Wildman–Crippen MR) is 137 cm³/mol. The Morgan fingerprint density at radius 3 is 2.21 bits per heavy atom. The standard InChI is InChI=1S/C30H31NO3/c1-5-8-11-24(6-2)31-29(32)27-12-9-10-13-28(27)30(31,22-14-18-25(33-4)19-15-22)23-16-20-26(21-17-23)34-7-3/h5-6,8,11-21H,1,7,9-10H2,2-4H3/b11-8-,24-6+. The van der Waals surface area contributed by atoms with E-state index in [4.69, 9.17) is 9.47 Å². The molecule has 34 heavy (non-hydrogen) atoms. The van der Waals surface area contributed by atoms with Crippen molar-refractivity contribution in [1.29, 1.82) is 0 Å². The van der Waals surface area contributed by atoms with Crippen molar-refractivity contribution in [2.24, 2.45) is 0 Å². The van der Waals surface area contributed by atoms with Gasteiger partial charge in [-0.2, -0.15) is 0 Å². The topological polar surface area (TPSA) is 38.8 Å². The molecule has 1 saturated heterocycles. The van der Waals surface area contributed by atoms with Crippen LogP contribution in [0.5, 0.6) is 11.5 Å². The molecular formula is C30H31NO3. The Morgan fingerprint density at radius 1 is 1.03 bits per heavy atom. The molecule has 0 spiro atoms. The number of carbonyl (C=O) groups is 1. The van der Waals surface area contributed by atoms with Gasteiger partial charge in [0.25, 0.3) is 5.91 Å². The van der Waals surface area contributed by atoms with Crippen molar-refractivity contribution >= 4 is 5.91 Å². The molecule has 1 amide bonds. The van der Waals surface area contributed by atoms with Crippen molar-refractivity contribution in [3.05, 3.63) is 120 Å². The zero-order chi connectivity index (χ0) is 24.1. The average molecular weight is 454 g/mol. The monoisotopic (exact) mass is 453 g/mol. The lowest BCUT2D eigenvalue weighted by Gasteiger charge is -2.41. The smallest absolute Gasteiger partial charge is 0.259 e. The van der Waals surface area contributed by atoms with Gasteiger partial charge in [0.05, 0.1) is 13.7 Å². The molecule has 0 bridgehead atoms. The first-order valence-corrected chi connectivity index (χ1v) is 11.7. The second-order valence-corrected chi connectivity index (χ2v) is 8.16. The molecule has 2 aromatic rings. The molecule has 0 N–H and O–H groups in total. The number of carbonyl (C=O) groups excluding carboxylic acids is 1. The normalized spacial score (nSPS) is 20.1. The van der Waals surface area contributed by atoms with E-state index in [0.717, 1.165) is 52.3 Å². The first-order chi connectivity index (χ1) is 16.6. The van der Waals surface area contributed by atoms with Crippen LogP contribution in [0.3, 0.4) is 0 Å². The van der Waals surface area contributed by atoms with Gasteiger partial charge in [0.15, 0.2) is 0 Å². The minimum absolute atomic E-state index is 0.00235. The summed E-state index contributed by atoms with van der Waals surface area (Å²) < 4.78 is 11.1. The number of fused-ring (bicyclic) bond motifs is 1. The lowest BCUT2D eigenvalue weighted by molar-refractivity contribution is -0.125. The van der Waals surface area contributed by atoms with E-state index >= 15 is 0 Å². The average Bonchev–Trinajstić information content (AvgIpc) is 3.15. The molecule has 0 aromatic heterocycles. The van der Waals surface area contributed by atoms with Gasteiger partial charge in [0, 0.05) is 11.3 Å². The van der Waals surface area contributed by atoms with Gasteiger partial charge in [0.1, 0.15) is 17.0 Å². The lowest BCUT2D eigenvalue weighted by Crippen LogP contribution is -2.44. The highest BCUT2D eigenvalue weighted by Gasteiger charge is 2.55. The number of methoxy groups -OCH3 is 1. The molecule has 1 heterocycles. The minimum atomic E-state index is -0.826. The van der Waals surface area contributed by atoms with Gasteiger partial charge in [-0.15, -0.1) is 0 Å². The van der Waals surface area contributed by atoms with Crippen molar-refractivity contribution in [3.8, 4) is 11.5 Å². The van der Waals surface area contributed by atoms with Gasteiger partial charge in [-0.1, -0.05) is 61.2 Å². The van der Waals surface area contributed by atoms with Crippen molar-refractivity contribution in [2.75, 3.05) is 13.7 Å². The molecule has 4 nitrogen and oxygen atoms in total. The van der Waals surface area contributed by atoms with E-state index in [9.17, 15) is 4.79 Å². The van der Waals surface area contributed by atoms with Crippen LogP contribution in [0.15, 0.2) is 108 Å². The van der Waals surface area contributed by atoms with Crippen LogP contribution in [0.4, 0.5) is 0 Å². The van der Waals surface area contributed by atoms with E-state index in [1.165, 1.54) is 0 Å². The van der Waals surface area contributed by atoms with Crippen LogP contribution in [0.1, 0.15) is 37.8 Å². The second-order valence-electron chi connectivity index (χ2n) is 8.16. The Morgan fingerprint density at radius 2 is 1.65 bits per heavy atom. The maximum atomic E-state index is 14.0. The molecule has 1 atom stereocenters. The summed E-state index contributed by atoms with van der Waals surface area (Å²) in [5.41, 5.74) is 3.76. The van der Waals surface area contributed by atoms with E-state index in [0.29, 0.717) is 6.61 Å². The second kappa shape index (κ2) is 10.0. The number of amides is 1. The summed E-state index contributed by atoms with van der Waals surface area (Å²) in [5, 5.41) is 0. The molecule has 0 saturated carbocycles.